The molecule has 0 saturated heterocycles. The minimum atomic E-state index is -3.67. The van der Waals surface area contributed by atoms with Crippen LogP contribution in [0.25, 0.3) is 10.9 Å². The molecule has 6 heteroatoms. The Balaban J connectivity index is 1.78. The monoisotopic (exact) mass is 348 g/mol. The number of para-hydroxylation sites is 1. The second-order valence-corrected chi connectivity index (χ2v) is 7.86. The maximum absolute atomic E-state index is 12.4. The fourth-order valence-corrected chi connectivity index (χ4v) is 3.99. The second-order valence-electron chi connectivity index (χ2n) is 5.39. The molecule has 0 saturated carbocycles. The summed E-state index contributed by atoms with van der Waals surface area (Å²) in [7, 11) is -3.67. The number of hydrogen-bond acceptors (Lipinski definition) is 2. The first-order valence-corrected chi connectivity index (χ1v) is 9.07. The summed E-state index contributed by atoms with van der Waals surface area (Å²) in [5.41, 5.74) is 3.29. The van der Waals surface area contributed by atoms with E-state index in [9.17, 15) is 8.42 Å². The minimum absolute atomic E-state index is 0.199. The first kappa shape index (κ1) is 16.1. The van der Waals surface area contributed by atoms with Gasteiger partial charge in [-0.25, -0.2) is 8.42 Å². The lowest BCUT2D eigenvalue weighted by molar-refractivity contribution is 0.537. The molecule has 0 atom stereocenters. The van der Waals surface area contributed by atoms with Gasteiger partial charge in [0.2, 0.25) is 0 Å². The summed E-state index contributed by atoms with van der Waals surface area (Å²) in [5.74, 6) is 0. The van der Waals surface area contributed by atoms with E-state index in [1.807, 2.05) is 31.3 Å². The van der Waals surface area contributed by atoms with E-state index in [2.05, 4.69) is 4.98 Å². The van der Waals surface area contributed by atoms with Gasteiger partial charge in [-0.15, -0.1) is 3.82 Å². The van der Waals surface area contributed by atoms with E-state index in [0.717, 1.165) is 25.9 Å². The molecular formula is C17H17ClN2O2S. The van der Waals surface area contributed by atoms with Crippen LogP contribution in [0.1, 0.15) is 11.1 Å². The fraction of sp³-hybridized carbons (Fsp3) is 0.176. The van der Waals surface area contributed by atoms with Crippen molar-refractivity contribution in [2.24, 2.45) is 0 Å². The molecule has 0 amide bonds. The zero-order valence-corrected chi connectivity index (χ0v) is 14.2. The highest BCUT2D eigenvalue weighted by Gasteiger charge is 2.22. The van der Waals surface area contributed by atoms with E-state index in [-0.39, 0.29) is 11.4 Å². The molecular weight excluding hydrogens is 332 g/mol. The molecule has 1 aromatic heterocycles. The molecule has 1 N–H and O–H groups in total. The predicted molar refractivity (Wildman–Crippen MR) is 92.9 cm³/mol. The Hall–Kier alpha value is -1.82. The number of H-pyrrole nitrogens is 1. The van der Waals surface area contributed by atoms with E-state index in [1.54, 1.807) is 30.3 Å². The van der Waals surface area contributed by atoms with Gasteiger partial charge in [-0.05, 0) is 48.4 Å². The van der Waals surface area contributed by atoms with Crippen LogP contribution in [0.15, 0.2) is 59.6 Å². The lowest BCUT2D eigenvalue weighted by Crippen LogP contribution is -2.24. The zero-order valence-electron chi connectivity index (χ0n) is 12.7. The van der Waals surface area contributed by atoms with Crippen molar-refractivity contribution in [3.8, 4) is 0 Å². The van der Waals surface area contributed by atoms with Crippen LogP contribution in [0.5, 0.6) is 0 Å². The normalized spacial score (nSPS) is 12.1. The topological polar surface area (TPSA) is 53.2 Å². The highest BCUT2D eigenvalue weighted by molar-refractivity contribution is 7.90. The van der Waals surface area contributed by atoms with Crippen molar-refractivity contribution in [2.75, 3.05) is 6.54 Å². The Morgan fingerprint density at radius 2 is 1.83 bits per heavy atom. The van der Waals surface area contributed by atoms with Crippen LogP contribution in [0, 0.1) is 6.92 Å². The molecule has 0 unspecified atom stereocenters. The quantitative estimate of drug-likeness (QED) is 0.712. The van der Waals surface area contributed by atoms with E-state index in [0.29, 0.717) is 6.42 Å². The largest absolute Gasteiger partial charge is 0.361 e. The van der Waals surface area contributed by atoms with Crippen molar-refractivity contribution < 1.29 is 8.42 Å². The summed E-state index contributed by atoms with van der Waals surface area (Å²) in [6.07, 6.45) is 2.45. The Morgan fingerprint density at radius 1 is 1.09 bits per heavy atom. The molecule has 0 spiro atoms. The number of rotatable bonds is 5. The minimum Gasteiger partial charge on any atom is -0.361 e. The van der Waals surface area contributed by atoms with Gasteiger partial charge in [0.15, 0.2) is 0 Å². The average Bonchev–Trinajstić information content (AvgIpc) is 2.98. The van der Waals surface area contributed by atoms with Gasteiger partial charge in [0, 0.05) is 23.6 Å². The van der Waals surface area contributed by atoms with Crippen LogP contribution in [-0.2, 0) is 16.4 Å². The summed E-state index contributed by atoms with van der Waals surface area (Å²) < 4.78 is 25.7. The summed E-state index contributed by atoms with van der Waals surface area (Å²) in [4.78, 5) is 3.44. The molecule has 0 aliphatic heterocycles. The van der Waals surface area contributed by atoms with Crippen LogP contribution in [0.2, 0.25) is 0 Å². The number of nitrogens with zero attached hydrogens (tertiary/aromatic N) is 1. The number of halogens is 1. The fourth-order valence-electron chi connectivity index (χ4n) is 2.61. The maximum atomic E-state index is 12.4. The van der Waals surface area contributed by atoms with Crippen molar-refractivity contribution in [3.05, 3.63) is 65.9 Å². The van der Waals surface area contributed by atoms with E-state index in [1.165, 1.54) is 0 Å². The number of hydrogen-bond donors (Lipinski definition) is 1. The van der Waals surface area contributed by atoms with Crippen LogP contribution >= 0.6 is 11.8 Å². The van der Waals surface area contributed by atoms with Crippen molar-refractivity contribution in [1.29, 1.82) is 0 Å². The summed E-state index contributed by atoms with van der Waals surface area (Å²) in [6, 6.07) is 14.3. The lowest BCUT2D eigenvalue weighted by Gasteiger charge is -2.14. The second kappa shape index (κ2) is 6.35. The number of aromatic nitrogens is 1. The zero-order chi connectivity index (χ0) is 16.4. The highest BCUT2D eigenvalue weighted by atomic mass is 35.5. The van der Waals surface area contributed by atoms with E-state index >= 15 is 0 Å². The number of aryl methyl sites for hydroxylation is 1. The van der Waals surface area contributed by atoms with Gasteiger partial charge in [-0.3, -0.25) is 0 Å². The average molecular weight is 349 g/mol. The smallest absolute Gasteiger partial charge is 0.256 e. The maximum Gasteiger partial charge on any atom is 0.256 e. The van der Waals surface area contributed by atoms with E-state index < -0.39 is 10.0 Å². The molecule has 120 valence electrons. The molecule has 0 bridgehead atoms. The number of nitrogens with one attached hydrogen (secondary N) is 1. The molecule has 4 nitrogen and oxygen atoms in total. The summed E-state index contributed by atoms with van der Waals surface area (Å²) in [5, 5.41) is 1.10. The molecule has 2 aromatic carbocycles. The van der Waals surface area contributed by atoms with Crippen molar-refractivity contribution in [1.82, 2.24) is 8.81 Å². The summed E-state index contributed by atoms with van der Waals surface area (Å²) >= 11 is 6.04. The Kier molecular flexibility index (Phi) is 4.43. The van der Waals surface area contributed by atoms with Crippen LogP contribution in [0.4, 0.5) is 0 Å². The molecule has 3 rings (SSSR count). The number of sulfonamides is 1. The number of fused-ring (bicyclic) bond motifs is 1. The van der Waals surface area contributed by atoms with Gasteiger partial charge < -0.3 is 4.98 Å². The van der Waals surface area contributed by atoms with Gasteiger partial charge in [-0.2, -0.15) is 0 Å². The molecule has 0 radical (unpaired) electrons. The van der Waals surface area contributed by atoms with Crippen molar-refractivity contribution in [2.45, 2.75) is 18.2 Å². The number of benzene rings is 2. The summed E-state index contributed by atoms with van der Waals surface area (Å²) in [6.45, 7) is 2.25. The molecule has 1 heterocycles. The van der Waals surface area contributed by atoms with Gasteiger partial charge in [0.05, 0.1) is 4.90 Å². The molecule has 0 fully saturated rings. The highest BCUT2D eigenvalue weighted by Crippen LogP contribution is 2.23. The predicted octanol–water partition coefficient (Wildman–Crippen LogP) is 3.86. The Labute approximate surface area is 140 Å². The van der Waals surface area contributed by atoms with Gasteiger partial charge >= 0.3 is 0 Å². The van der Waals surface area contributed by atoms with Gasteiger partial charge in [-0.1, -0.05) is 36.4 Å². The third-order valence-corrected chi connectivity index (χ3v) is 6.15. The SMILES string of the molecule is Cc1cccc2c(CCN(Cl)S(=O)(=O)c3ccccc3)c[nH]c12. The van der Waals surface area contributed by atoms with Gasteiger partial charge in [0.1, 0.15) is 0 Å². The van der Waals surface area contributed by atoms with E-state index in [4.69, 9.17) is 11.8 Å². The Bertz CT molecular complexity index is 920. The van der Waals surface area contributed by atoms with Crippen LogP contribution in [0.3, 0.4) is 0 Å². The van der Waals surface area contributed by atoms with Gasteiger partial charge in [0.25, 0.3) is 10.0 Å². The third kappa shape index (κ3) is 3.13. The number of aromatic amines is 1. The van der Waals surface area contributed by atoms with Crippen molar-refractivity contribution >= 4 is 32.7 Å². The van der Waals surface area contributed by atoms with Crippen molar-refractivity contribution in [3.63, 3.8) is 0 Å². The standard InChI is InChI=1S/C17H17ClN2O2S/c1-13-6-5-9-16-14(12-19-17(13)16)10-11-20(18)23(21,22)15-7-3-2-4-8-15/h2-9,12,19H,10-11H2,1H3. The lowest BCUT2D eigenvalue weighted by atomic mass is 10.1. The first-order chi connectivity index (χ1) is 11.0. The van der Waals surface area contributed by atoms with Crippen LogP contribution < -0.4 is 0 Å². The van der Waals surface area contributed by atoms with Crippen LogP contribution in [-0.4, -0.2) is 23.8 Å². The molecule has 23 heavy (non-hydrogen) atoms. The molecule has 0 aliphatic carbocycles. The third-order valence-electron chi connectivity index (χ3n) is 3.87. The first-order valence-electron chi connectivity index (χ1n) is 7.29. The molecule has 3 aromatic rings. The molecule has 0 aliphatic rings. The Morgan fingerprint density at radius 3 is 2.57 bits per heavy atom.